The van der Waals surface area contributed by atoms with E-state index < -0.39 is 0 Å². The second-order valence-corrected chi connectivity index (χ2v) is 6.02. The molecule has 0 aliphatic rings. The number of rotatable bonds is 9. The Morgan fingerprint density at radius 3 is 2.05 bits per heavy atom. The highest BCUT2D eigenvalue weighted by Gasteiger charge is 2.17. The van der Waals surface area contributed by atoms with E-state index in [-0.39, 0.29) is 6.04 Å². The maximum absolute atomic E-state index is 5.40. The van der Waals surface area contributed by atoms with Crippen LogP contribution in [-0.4, -0.2) is 39.4 Å². The van der Waals surface area contributed by atoms with Crippen molar-refractivity contribution < 1.29 is 14.2 Å². The Morgan fingerprint density at radius 2 is 1.62 bits per heavy atom. The summed E-state index contributed by atoms with van der Waals surface area (Å²) in [4.78, 5) is 0. The van der Waals surface area contributed by atoms with Gasteiger partial charge in [-0.05, 0) is 50.0 Å². The summed E-state index contributed by atoms with van der Waals surface area (Å²) in [6, 6.07) is 4.68. The zero-order valence-electron chi connectivity index (χ0n) is 13.9. The van der Waals surface area contributed by atoms with Crippen LogP contribution in [0.15, 0.2) is 12.1 Å². The summed E-state index contributed by atoms with van der Waals surface area (Å²) < 4.78 is 16.2. The Bertz CT molecular complexity index is 415. The van der Waals surface area contributed by atoms with Crippen LogP contribution >= 0.6 is 11.8 Å². The van der Waals surface area contributed by atoms with Gasteiger partial charge in [0.1, 0.15) is 0 Å². The third kappa shape index (κ3) is 5.00. The largest absolute Gasteiger partial charge is 0.493 e. The summed E-state index contributed by atoms with van der Waals surface area (Å²) in [5.41, 5.74) is 1.13. The average molecular weight is 313 g/mol. The van der Waals surface area contributed by atoms with Crippen molar-refractivity contribution in [2.45, 2.75) is 32.4 Å². The highest BCUT2D eigenvalue weighted by molar-refractivity contribution is 7.98. The first-order valence-electron chi connectivity index (χ1n) is 7.12. The van der Waals surface area contributed by atoms with Gasteiger partial charge in [-0.15, -0.1) is 0 Å². The summed E-state index contributed by atoms with van der Waals surface area (Å²) >= 11 is 1.87. The maximum Gasteiger partial charge on any atom is 0.203 e. The van der Waals surface area contributed by atoms with Crippen molar-refractivity contribution in [3.05, 3.63) is 17.7 Å². The van der Waals surface area contributed by atoms with Gasteiger partial charge in [0.05, 0.1) is 21.3 Å². The van der Waals surface area contributed by atoms with Crippen molar-refractivity contribution in [3.63, 3.8) is 0 Å². The van der Waals surface area contributed by atoms with E-state index in [0.29, 0.717) is 23.3 Å². The molecule has 21 heavy (non-hydrogen) atoms. The quantitative estimate of drug-likeness (QED) is 0.755. The lowest BCUT2D eigenvalue weighted by atomic mass is 10.1. The van der Waals surface area contributed by atoms with Gasteiger partial charge in [0.2, 0.25) is 5.75 Å². The molecule has 4 nitrogen and oxygen atoms in total. The van der Waals surface area contributed by atoms with E-state index in [2.05, 4.69) is 25.4 Å². The molecule has 0 spiro atoms. The molecular weight excluding hydrogens is 286 g/mol. The van der Waals surface area contributed by atoms with E-state index in [1.165, 1.54) is 0 Å². The lowest BCUT2D eigenvalue weighted by Crippen LogP contribution is -2.29. The Labute approximate surface area is 132 Å². The Hall–Kier alpha value is -1.07. The van der Waals surface area contributed by atoms with Crippen molar-refractivity contribution >= 4 is 11.8 Å². The highest BCUT2D eigenvalue weighted by atomic mass is 32.2. The van der Waals surface area contributed by atoms with E-state index in [0.717, 1.165) is 17.7 Å². The van der Waals surface area contributed by atoms with Gasteiger partial charge in [0, 0.05) is 12.1 Å². The molecule has 5 heteroatoms. The van der Waals surface area contributed by atoms with Gasteiger partial charge in [-0.3, -0.25) is 0 Å². The average Bonchev–Trinajstić information content (AvgIpc) is 2.51. The van der Waals surface area contributed by atoms with Crippen molar-refractivity contribution in [3.8, 4) is 17.2 Å². The van der Waals surface area contributed by atoms with Gasteiger partial charge in [-0.2, -0.15) is 11.8 Å². The van der Waals surface area contributed by atoms with E-state index in [1.54, 1.807) is 21.3 Å². The fourth-order valence-corrected chi connectivity index (χ4v) is 2.84. The minimum Gasteiger partial charge on any atom is -0.493 e. The Balaban J connectivity index is 2.91. The predicted octanol–water partition coefficient (Wildman–Crippen LogP) is 3.50. The van der Waals surface area contributed by atoms with Gasteiger partial charge in [-0.25, -0.2) is 0 Å². The van der Waals surface area contributed by atoms with E-state index in [1.807, 2.05) is 23.9 Å². The zero-order valence-corrected chi connectivity index (χ0v) is 14.7. The number of thioether (sulfide) groups is 1. The molecule has 0 aliphatic heterocycles. The molecule has 0 heterocycles. The van der Waals surface area contributed by atoms with Gasteiger partial charge < -0.3 is 19.5 Å². The van der Waals surface area contributed by atoms with Crippen LogP contribution in [0.1, 0.15) is 31.9 Å². The molecule has 0 bridgehead atoms. The van der Waals surface area contributed by atoms with Gasteiger partial charge in [-0.1, -0.05) is 0 Å². The first-order valence-corrected chi connectivity index (χ1v) is 8.51. The van der Waals surface area contributed by atoms with E-state index >= 15 is 0 Å². The number of hydrogen-bond acceptors (Lipinski definition) is 5. The molecule has 1 aromatic carbocycles. The van der Waals surface area contributed by atoms with Crippen molar-refractivity contribution in [2.24, 2.45) is 0 Å². The van der Waals surface area contributed by atoms with Crippen LogP contribution in [0.25, 0.3) is 0 Å². The van der Waals surface area contributed by atoms with Crippen LogP contribution in [0, 0.1) is 0 Å². The van der Waals surface area contributed by atoms with Crippen LogP contribution in [0.3, 0.4) is 0 Å². The molecule has 1 N–H and O–H groups in total. The molecule has 0 radical (unpaired) electrons. The molecule has 0 amide bonds. The van der Waals surface area contributed by atoms with Crippen LogP contribution in [0.5, 0.6) is 17.2 Å². The molecule has 2 atom stereocenters. The van der Waals surface area contributed by atoms with Crippen LogP contribution in [0.2, 0.25) is 0 Å². The second-order valence-electron chi connectivity index (χ2n) is 5.03. The molecule has 0 fully saturated rings. The fourth-order valence-electron chi connectivity index (χ4n) is 2.25. The SMILES string of the molecule is COc1cc(C(C)NC(C)CCSC)cc(OC)c1OC. The molecule has 0 saturated heterocycles. The van der Waals surface area contributed by atoms with Gasteiger partial charge in [0.15, 0.2) is 11.5 Å². The molecule has 120 valence electrons. The van der Waals surface area contributed by atoms with Crippen molar-refractivity contribution in [2.75, 3.05) is 33.3 Å². The summed E-state index contributed by atoms with van der Waals surface area (Å²) in [5.74, 6) is 3.18. The molecule has 0 aromatic heterocycles. The number of benzene rings is 1. The molecule has 1 rings (SSSR count). The topological polar surface area (TPSA) is 39.7 Å². The summed E-state index contributed by atoms with van der Waals surface area (Å²) in [7, 11) is 4.90. The lowest BCUT2D eigenvalue weighted by Gasteiger charge is -2.22. The fraction of sp³-hybridized carbons (Fsp3) is 0.625. The monoisotopic (exact) mass is 313 g/mol. The van der Waals surface area contributed by atoms with Gasteiger partial charge in [0.25, 0.3) is 0 Å². The van der Waals surface area contributed by atoms with E-state index in [4.69, 9.17) is 14.2 Å². The maximum atomic E-state index is 5.40. The number of methoxy groups -OCH3 is 3. The van der Waals surface area contributed by atoms with Crippen LogP contribution in [-0.2, 0) is 0 Å². The minimum absolute atomic E-state index is 0.218. The van der Waals surface area contributed by atoms with Crippen molar-refractivity contribution in [1.82, 2.24) is 5.32 Å². The second kappa shape index (κ2) is 9.05. The first-order chi connectivity index (χ1) is 10.1. The third-order valence-corrected chi connectivity index (χ3v) is 4.12. The third-order valence-electron chi connectivity index (χ3n) is 3.48. The predicted molar refractivity (Wildman–Crippen MR) is 90.1 cm³/mol. The minimum atomic E-state index is 0.218. The molecule has 0 aliphatic carbocycles. The van der Waals surface area contributed by atoms with Crippen LogP contribution < -0.4 is 19.5 Å². The summed E-state index contributed by atoms with van der Waals surface area (Å²) in [6.45, 7) is 4.36. The molecule has 2 unspecified atom stereocenters. The van der Waals surface area contributed by atoms with Crippen LogP contribution in [0.4, 0.5) is 0 Å². The smallest absolute Gasteiger partial charge is 0.203 e. The standard InChI is InChI=1S/C16H27NO3S/c1-11(7-8-21-6)17-12(2)13-9-14(18-3)16(20-5)15(10-13)19-4/h9-12,17H,7-8H2,1-6H3. The highest BCUT2D eigenvalue weighted by Crippen LogP contribution is 2.39. The zero-order chi connectivity index (χ0) is 15.8. The first kappa shape index (κ1) is 18.0. The normalized spacial score (nSPS) is 13.6. The number of ether oxygens (including phenoxy) is 3. The molecule has 1 aromatic rings. The lowest BCUT2D eigenvalue weighted by molar-refractivity contribution is 0.322. The summed E-state index contributed by atoms with van der Waals surface area (Å²) in [5, 5.41) is 3.61. The molecular formula is C16H27NO3S. The Morgan fingerprint density at radius 1 is 1.05 bits per heavy atom. The Kier molecular flexibility index (Phi) is 7.75. The summed E-state index contributed by atoms with van der Waals surface area (Å²) in [6.07, 6.45) is 3.28. The van der Waals surface area contributed by atoms with Crippen molar-refractivity contribution in [1.29, 1.82) is 0 Å². The van der Waals surface area contributed by atoms with E-state index in [9.17, 15) is 0 Å². The molecule has 0 saturated carbocycles. The number of nitrogens with one attached hydrogen (secondary N) is 1. The number of hydrogen-bond donors (Lipinski definition) is 1. The van der Waals surface area contributed by atoms with Gasteiger partial charge >= 0.3 is 0 Å².